The van der Waals surface area contributed by atoms with Crippen LogP contribution in [0.2, 0.25) is 5.02 Å². The standard InChI is InChI=1S/C19H20ClFN4O3/c1-12-6-7-13(8-15(12)21)10-23-19(27)11-28-25-17(22)9-18(26)24-16-5-3-2-4-14(16)20/h2-8H,9-11H2,1H3,(H2,22,25)(H,23,27)(H,24,26). The number of para-hydroxylation sites is 1. The monoisotopic (exact) mass is 406 g/mol. The van der Waals surface area contributed by atoms with E-state index < -0.39 is 11.8 Å². The molecule has 0 aliphatic rings. The Hall–Kier alpha value is -3.13. The first-order valence-corrected chi connectivity index (χ1v) is 8.73. The quantitative estimate of drug-likeness (QED) is 0.356. The average Bonchev–Trinajstić information content (AvgIpc) is 2.64. The molecule has 0 bridgehead atoms. The van der Waals surface area contributed by atoms with Gasteiger partial charge < -0.3 is 21.2 Å². The number of nitrogens with one attached hydrogen (secondary N) is 2. The van der Waals surface area contributed by atoms with Crippen molar-refractivity contribution in [1.29, 1.82) is 0 Å². The molecule has 0 spiro atoms. The SMILES string of the molecule is Cc1ccc(CNC(=O)CO/N=C(/N)CC(=O)Nc2ccccc2Cl)cc1F. The topological polar surface area (TPSA) is 106 Å². The van der Waals surface area contributed by atoms with Gasteiger partial charge in [-0.3, -0.25) is 9.59 Å². The third-order valence-corrected chi connectivity index (χ3v) is 3.92. The van der Waals surface area contributed by atoms with Crippen molar-refractivity contribution in [3.8, 4) is 0 Å². The van der Waals surface area contributed by atoms with E-state index in [-0.39, 0.29) is 31.2 Å². The van der Waals surface area contributed by atoms with Crippen molar-refractivity contribution in [2.24, 2.45) is 10.9 Å². The number of hydrogen-bond donors (Lipinski definition) is 3. The van der Waals surface area contributed by atoms with E-state index in [4.69, 9.17) is 22.2 Å². The lowest BCUT2D eigenvalue weighted by Gasteiger charge is -2.07. The fraction of sp³-hybridized carbons (Fsp3) is 0.211. The lowest BCUT2D eigenvalue weighted by molar-refractivity contribution is -0.125. The number of amides is 2. The van der Waals surface area contributed by atoms with E-state index in [1.165, 1.54) is 6.07 Å². The van der Waals surface area contributed by atoms with Gasteiger partial charge in [-0.2, -0.15) is 0 Å². The minimum absolute atomic E-state index is 0.0991. The normalized spacial score (nSPS) is 11.0. The molecule has 0 aromatic heterocycles. The van der Waals surface area contributed by atoms with Crippen LogP contribution in [-0.4, -0.2) is 24.3 Å². The first kappa shape index (κ1) is 21.2. The second-order valence-electron chi connectivity index (χ2n) is 5.92. The minimum atomic E-state index is -0.460. The van der Waals surface area contributed by atoms with Gasteiger partial charge in [0.15, 0.2) is 6.61 Å². The summed E-state index contributed by atoms with van der Waals surface area (Å²) in [5.41, 5.74) is 7.21. The van der Waals surface area contributed by atoms with E-state index in [0.717, 1.165) is 0 Å². The van der Waals surface area contributed by atoms with Crippen LogP contribution in [-0.2, 0) is 21.0 Å². The largest absolute Gasteiger partial charge is 0.384 e. The molecule has 2 rings (SSSR count). The third kappa shape index (κ3) is 6.88. The predicted octanol–water partition coefficient (Wildman–Crippen LogP) is 2.72. The van der Waals surface area contributed by atoms with E-state index in [9.17, 15) is 14.0 Å². The number of nitrogens with two attached hydrogens (primary N) is 1. The molecule has 0 aliphatic carbocycles. The van der Waals surface area contributed by atoms with Crippen LogP contribution in [0.5, 0.6) is 0 Å². The van der Waals surface area contributed by atoms with Gasteiger partial charge in [0.1, 0.15) is 11.7 Å². The molecule has 0 atom stereocenters. The fourth-order valence-corrected chi connectivity index (χ4v) is 2.31. The maximum atomic E-state index is 13.5. The summed E-state index contributed by atoms with van der Waals surface area (Å²) in [4.78, 5) is 28.4. The number of carbonyl (C=O) groups is 2. The van der Waals surface area contributed by atoms with Crippen molar-refractivity contribution >= 4 is 34.9 Å². The van der Waals surface area contributed by atoms with Crippen LogP contribution in [0.15, 0.2) is 47.6 Å². The highest BCUT2D eigenvalue weighted by atomic mass is 35.5. The summed E-state index contributed by atoms with van der Waals surface area (Å²) < 4.78 is 13.5. The molecule has 0 heterocycles. The molecule has 9 heteroatoms. The molecule has 2 amide bonds. The van der Waals surface area contributed by atoms with E-state index in [1.54, 1.807) is 43.3 Å². The molecular formula is C19H20ClFN4O3. The van der Waals surface area contributed by atoms with Crippen LogP contribution >= 0.6 is 11.6 Å². The minimum Gasteiger partial charge on any atom is -0.384 e. The average molecular weight is 407 g/mol. The van der Waals surface area contributed by atoms with Crippen molar-refractivity contribution in [3.05, 3.63) is 64.4 Å². The first-order valence-electron chi connectivity index (χ1n) is 8.35. The summed E-state index contributed by atoms with van der Waals surface area (Å²) in [6.45, 7) is 1.42. The number of rotatable bonds is 8. The predicted molar refractivity (Wildman–Crippen MR) is 105 cm³/mol. The van der Waals surface area contributed by atoms with Crippen LogP contribution in [0.4, 0.5) is 10.1 Å². The van der Waals surface area contributed by atoms with Crippen molar-refractivity contribution in [1.82, 2.24) is 5.32 Å². The van der Waals surface area contributed by atoms with Crippen molar-refractivity contribution in [2.75, 3.05) is 11.9 Å². The molecule has 0 saturated carbocycles. The molecule has 0 aliphatic heterocycles. The molecule has 0 fully saturated rings. The molecule has 0 unspecified atom stereocenters. The highest BCUT2D eigenvalue weighted by Gasteiger charge is 2.09. The van der Waals surface area contributed by atoms with Gasteiger partial charge >= 0.3 is 0 Å². The summed E-state index contributed by atoms with van der Waals surface area (Å²) >= 11 is 5.95. The lowest BCUT2D eigenvalue weighted by Crippen LogP contribution is -2.27. The first-order chi connectivity index (χ1) is 13.3. The smallest absolute Gasteiger partial charge is 0.261 e. The van der Waals surface area contributed by atoms with Gasteiger partial charge in [-0.25, -0.2) is 4.39 Å². The number of anilines is 1. The maximum Gasteiger partial charge on any atom is 0.261 e. The number of aryl methyl sites for hydroxylation is 1. The molecule has 28 heavy (non-hydrogen) atoms. The van der Waals surface area contributed by atoms with Gasteiger partial charge in [0.05, 0.1) is 17.1 Å². The number of benzene rings is 2. The van der Waals surface area contributed by atoms with E-state index >= 15 is 0 Å². The fourth-order valence-electron chi connectivity index (χ4n) is 2.13. The van der Waals surface area contributed by atoms with Crippen molar-refractivity contribution in [3.63, 3.8) is 0 Å². The Kier molecular flexibility index (Phi) is 7.76. The molecule has 2 aromatic rings. The molecule has 2 aromatic carbocycles. The Morgan fingerprint density at radius 3 is 2.68 bits per heavy atom. The van der Waals surface area contributed by atoms with Crippen LogP contribution in [0.3, 0.4) is 0 Å². The van der Waals surface area contributed by atoms with Crippen LogP contribution in [0, 0.1) is 12.7 Å². The summed E-state index contributed by atoms with van der Waals surface area (Å²) in [5.74, 6) is -1.32. The zero-order valence-corrected chi connectivity index (χ0v) is 15.9. The zero-order valence-electron chi connectivity index (χ0n) is 15.2. The van der Waals surface area contributed by atoms with Crippen LogP contribution in [0.25, 0.3) is 0 Å². The Bertz CT molecular complexity index is 889. The number of carbonyl (C=O) groups excluding carboxylic acids is 2. The molecule has 7 nitrogen and oxygen atoms in total. The van der Waals surface area contributed by atoms with Crippen LogP contribution in [0.1, 0.15) is 17.5 Å². The Morgan fingerprint density at radius 1 is 1.21 bits per heavy atom. The lowest BCUT2D eigenvalue weighted by atomic mass is 10.1. The molecule has 4 N–H and O–H groups in total. The van der Waals surface area contributed by atoms with Gasteiger partial charge in [-0.15, -0.1) is 0 Å². The van der Waals surface area contributed by atoms with Gasteiger partial charge in [-0.05, 0) is 36.2 Å². The molecule has 0 saturated heterocycles. The summed E-state index contributed by atoms with van der Waals surface area (Å²) in [6.07, 6.45) is -0.227. The van der Waals surface area contributed by atoms with Gasteiger partial charge in [-0.1, -0.05) is 41.0 Å². The Morgan fingerprint density at radius 2 is 1.96 bits per heavy atom. The van der Waals surface area contributed by atoms with Crippen molar-refractivity contribution < 1.29 is 18.8 Å². The number of hydrogen-bond acceptors (Lipinski definition) is 4. The summed E-state index contributed by atoms with van der Waals surface area (Å²) in [5, 5.41) is 9.08. The molecule has 148 valence electrons. The van der Waals surface area contributed by atoms with Gasteiger partial charge in [0, 0.05) is 6.54 Å². The number of halogens is 2. The van der Waals surface area contributed by atoms with Crippen molar-refractivity contribution in [2.45, 2.75) is 19.9 Å². The summed E-state index contributed by atoms with van der Waals surface area (Å²) in [7, 11) is 0. The second-order valence-corrected chi connectivity index (χ2v) is 6.33. The third-order valence-electron chi connectivity index (χ3n) is 3.59. The highest BCUT2D eigenvalue weighted by Crippen LogP contribution is 2.20. The van der Waals surface area contributed by atoms with E-state index in [0.29, 0.717) is 21.8 Å². The molecular weight excluding hydrogens is 387 g/mol. The number of amidine groups is 1. The van der Waals surface area contributed by atoms with E-state index in [1.807, 2.05) is 0 Å². The second kappa shape index (κ2) is 10.3. The van der Waals surface area contributed by atoms with Crippen LogP contribution < -0.4 is 16.4 Å². The number of oxime groups is 1. The van der Waals surface area contributed by atoms with Gasteiger partial charge in [0.2, 0.25) is 5.91 Å². The molecule has 0 radical (unpaired) electrons. The van der Waals surface area contributed by atoms with E-state index in [2.05, 4.69) is 15.8 Å². The Labute approximate surface area is 166 Å². The maximum absolute atomic E-state index is 13.5. The highest BCUT2D eigenvalue weighted by molar-refractivity contribution is 6.33. The Balaban J connectivity index is 1.72. The summed E-state index contributed by atoms with van der Waals surface area (Å²) in [6, 6.07) is 11.5. The number of nitrogens with zero attached hydrogens (tertiary/aromatic N) is 1. The van der Waals surface area contributed by atoms with Gasteiger partial charge in [0.25, 0.3) is 5.91 Å². The zero-order chi connectivity index (χ0) is 20.5.